The molecule has 0 amide bonds. The second kappa shape index (κ2) is 6.54. The molecule has 0 unspecified atom stereocenters. The van der Waals surface area contributed by atoms with Crippen LogP contribution in [0, 0.1) is 0 Å². The van der Waals surface area contributed by atoms with E-state index >= 15 is 0 Å². The largest absolute Gasteiger partial charge is 0.360 e. The quantitative estimate of drug-likeness (QED) is 0.645. The Morgan fingerprint density at radius 3 is 2.77 bits per heavy atom. The van der Waals surface area contributed by atoms with Crippen LogP contribution in [0.15, 0.2) is 46.3 Å². The van der Waals surface area contributed by atoms with E-state index in [0.717, 1.165) is 22.2 Å². The number of nitrogens with zero attached hydrogens (tertiary/aromatic N) is 4. The molecule has 0 aliphatic heterocycles. The van der Waals surface area contributed by atoms with Crippen molar-refractivity contribution >= 4 is 23.4 Å². The smallest absolute Gasteiger partial charge is 0.191 e. The molecular formula is C15H15ClN4OS. The third-order valence-corrected chi connectivity index (χ3v) is 4.37. The van der Waals surface area contributed by atoms with Crippen LogP contribution in [0.5, 0.6) is 0 Å². The van der Waals surface area contributed by atoms with Crippen LogP contribution in [0.4, 0.5) is 0 Å². The van der Waals surface area contributed by atoms with Crippen molar-refractivity contribution in [3.63, 3.8) is 0 Å². The molecule has 0 radical (unpaired) electrons. The van der Waals surface area contributed by atoms with Crippen molar-refractivity contribution in [2.24, 2.45) is 0 Å². The summed E-state index contributed by atoms with van der Waals surface area (Å²) in [5.41, 5.74) is 1.78. The minimum atomic E-state index is 0.330. The van der Waals surface area contributed by atoms with Gasteiger partial charge in [0.1, 0.15) is 17.8 Å². The molecule has 22 heavy (non-hydrogen) atoms. The molecule has 0 atom stereocenters. The van der Waals surface area contributed by atoms with Gasteiger partial charge in [0.05, 0.1) is 5.75 Å². The molecule has 0 N–H and O–H groups in total. The molecule has 0 saturated heterocycles. The molecule has 3 aromatic rings. The number of benzene rings is 1. The fourth-order valence-electron chi connectivity index (χ4n) is 1.96. The van der Waals surface area contributed by atoms with E-state index in [0.29, 0.717) is 16.8 Å². The highest BCUT2D eigenvalue weighted by atomic mass is 35.5. The first kappa shape index (κ1) is 15.1. The SMILES string of the molecule is CC(C)n1cnnc1SCc1cc(-c2ccc(Cl)cc2)no1. The first-order valence-corrected chi connectivity index (χ1v) is 8.23. The lowest BCUT2D eigenvalue weighted by molar-refractivity contribution is 0.397. The van der Waals surface area contributed by atoms with Gasteiger partial charge in [0.2, 0.25) is 0 Å². The van der Waals surface area contributed by atoms with Crippen molar-refractivity contribution in [2.75, 3.05) is 0 Å². The van der Waals surface area contributed by atoms with Gasteiger partial charge in [-0.15, -0.1) is 10.2 Å². The van der Waals surface area contributed by atoms with Crippen molar-refractivity contribution in [2.45, 2.75) is 30.8 Å². The molecule has 0 aliphatic carbocycles. The van der Waals surface area contributed by atoms with Crippen LogP contribution < -0.4 is 0 Å². The molecule has 0 bridgehead atoms. The standard InChI is InChI=1S/C15H15ClN4OS/c1-10(2)20-9-17-18-15(20)22-8-13-7-14(19-21-13)11-3-5-12(16)6-4-11/h3-7,9-10H,8H2,1-2H3. The topological polar surface area (TPSA) is 56.7 Å². The molecule has 2 aromatic heterocycles. The number of rotatable bonds is 5. The lowest BCUT2D eigenvalue weighted by Crippen LogP contribution is -2.00. The van der Waals surface area contributed by atoms with Gasteiger partial charge >= 0.3 is 0 Å². The summed E-state index contributed by atoms with van der Waals surface area (Å²) in [5, 5.41) is 13.8. The van der Waals surface area contributed by atoms with Gasteiger partial charge in [-0.2, -0.15) is 0 Å². The van der Waals surface area contributed by atoms with E-state index in [1.54, 1.807) is 18.1 Å². The lowest BCUT2D eigenvalue weighted by Gasteiger charge is -2.08. The van der Waals surface area contributed by atoms with E-state index in [4.69, 9.17) is 16.1 Å². The van der Waals surface area contributed by atoms with E-state index in [1.807, 2.05) is 34.9 Å². The fraction of sp³-hybridized carbons (Fsp3) is 0.267. The molecular weight excluding hydrogens is 320 g/mol. The first-order valence-electron chi connectivity index (χ1n) is 6.87. The molecule has 7 heteroatoms. The predicted molar refractivity (Wildman–Crippen MR) is 86.9 cm³/mol. The summed E-state index contributed by atoms with van der Waals surface area (Å²) in [7, 11) is 0. The minimum absolute atomic E-state index is 0.330. The minimum Gasteiger partial charge on any atom is -0.360 e. The highest BCUT2D eigenvalue weighted by Gasteiger charge is 2.11. The Hall–Kier alpha value is -1.79. The monoisotopic (exact) mass is 334 g/mol. The number of halogens is 1. The van der Waals surface area contributed by atoms with Crippen LogP contribution in [0.1, 0.15) is 25.6 Å². The Morgan fingerprint density at radius 2 is 2.05 bits per heavy atom. The average molecular weight is 335 g/mol. The van der Waals surface area contributed by atoms with Crippen LogP contribution in [0.3, 0.4) is 0 Å². The molecule has 3 rings (SSSR count). The van der Waals surface area contributed by atoms with Crippen molar-refractivity contribution in [1.82, 2.24) is 19.9 Å². The van der Waals surface area contributed by atoms with Gasteiger partial charge in [0.15, 0.2) is 5.16 Å². The highest BCUT2D eigenvalue weighted by Crippen LogP contribution is 2.26. The maximum Gasteiger partial charge on any atom is 0.191 e. The van der Waals surface area contributed by atoms with Crippen LogP contribution in [-0.4, -0.2) is 19.9 Å². The summed E-state index contributed by atoms with van der Waals surface area (Å²) in [6.07, 6.45) is 1.74. The molecule has 0 fully saturated rings. The molecule has 5 nitrogen and oxygen atoms in total. The molecule has 0 aliphatic rings. The summed E-state index contributed by atoms with van der Waals surface area (Å²) in [6.45, 7) is 4.20. The van der Waals surface area contributed by atoms with Crippen molar-refractivity contribution in [1.29, 1.82) is 0 Å². The average Bonchev–Trinajstić information content (AvgIpc) is 3.15. The number of thioether (sulfide) groups is 1. The Bertz CT molecular complexity index is 751. The van der Waals surface area contributed by atoms with Crippen LogP contribution in [-0.2, 0) is 5.75 Å². The van der Waals surface area contributed by atoms with E-state index in [1.165, 1.54) is 0 Å². The number of hydrogen-bond acceptors (Lipinski definition) is 5. The number of hydrogen-bond donors (Lipinski definition) is 0. The molecule has 0 spiro atoms. The second-order valence-electron chi connectivity index (χ2n) is 5.09. The lowest BCUT2D eigenvalue weighted by atomic mass is 10.1. The third kappa shape index (κ3) is 3.34. The molecule has 0 saturated carbocycles. The second-order valence-corrected chi connectivity index (χ2v) is 6.47. The van der Waals surface area contributed by atoms with Crippen LogP contribution in [0.25, 0.3) is 11.3 Å². The van der Waals surface area contributed by atoms with E-state index in [2.05, 4.69) is 29.2 Å². The van der Waals surface area contributed by atoms with Gasteiger partial charge < -0.3 is 9.09 Å². The Kier molecular flexibility index (Phi) is 4.49. The Labute approximate surface area is 137 Å². The van der Waals surface area contributed by atoms with E-state index in [9.17, 15) is 0 Å². The van der Waals surface area contributed by atoms with Gasteiger partial charge in [0, 0.05) is 22.7 Å². The summed E-state index contributed by atoms with van der Waals surface area (Å²) in [4.78, 5) is 0. The zero-order chi connectivity index (χ0) is 15.5. The third-order valence-electron chi connectivity index (χ3n) is 3.14. The zero-order valence-corrected chi connectivity index (χ0v) is 13.8. The maximum atomic E-state index is 5.89. The van der Waals surface area contributed by atoms with Gasteiger partial charge in [-0.1, -0.05) is 40.7 Å². The summed E-state index contributed by atoms with van der Waals surface area (Å²) in [5.74, 6) is 1.46. The van der Waals surface area contributed by atoms with Crippen molar-refractivity contribution in [3.8, 4) is 11.3 Å². The summed E-state index contributed by atoms with van der Waals surface area (Å²) >= 11 is 7.47. The Morgan fingerprint density at radius 1 is 1.27 bits per heavy atom. The van der Waals surface area contributed by atoms with E-state index < -0.39 is 0 Å². The molecule has 114 valence electrons. The van der Waals surface area contributed by atoms with E-state index in [-0.39, 0.29) is 0 Å². The fourth-order valence-corrected chi connectivity index (χ4v) is 3.01. The van der Waals surface area contributed by atoms with Gasteiger partial charge in [0.25, 0.3) is 0 Å². The van der Waals surface area contributed by atoms with Crippen molar-refractivity contribution < 1.29 is 4.52 Å². The van der Waals surface area contributed by atoms with Crippen molar-refractivity contribution in [3.05, 3.63) is 47.4 Å². The van der Waals surface area contributed by atoms with Gasteiger partial charge in [-0.3, -0.25) is 0 Å². The summed E-state index contributed by atoms with van der Waals surface area (Å²) in [6, 6.07) is 9.79. The van der Waals surface area contributed by atoms with Crippen LogP contribution in [0.2, 0.25) is 5.02 Å². The van der Waals surface area contributed by atoms with Crippen LogP contribution >= 0.6 is 23.4 Å². The first-order chi connectivity index (χ1) is 10.6. The molecule has 2 heterocycles. The highest BCUT2D eigenvalue weighted by molar-refractivity contribution is 7.98. The Balaban J connectivity index is 1.69. The zero-order valence-electron chi connectivity index (χ0n) is 12.2. The van der Waals surface area contributed by atoms with Gasteiger partial charge in [-0.25, -0.2) is 0 Å². The normalized spacial score (nSPS) is 11.3. The van der Waals surface area contributed by atoms with Gasteiger partial charge in [-0.05, 0) is 26.0 Å². The summed E-state index contributed by atoms with van der Waals surface area (Å²) < 4.78 is 7.42. The molecule has 1 aromatic carbocycles. The predicted octanol–water partition coefficient (Wildman–Crippen LogP) is 4.46. The maximum absolute atomic E-state index is 5.89. The number of aromatic nitrogens is 4.